The molecule has 0 N–H and O–H groups in total. The van der Waals surface area contributed by atoms with Crippen LogP contribution in [0.4, 0.5) is 0 Å². The van der Waals surface area contributed by atoms with Gasteiger partial charge in [0.15, 0.2) is 6.10 Å². The first-order chi connectivity index (χ1) is 41.0. The third-order valence-corrected chi connectivity index (χ3v) is 14.0. The first-order valence-electron chi connectivity index (χ1n) is 34.0. The molecule has 6 heteroatoms. The van der Waals surface area contributed by atoms with Gasteiger partial charge in [0.1, 0.15) is 13.2 Å². The fraction of sp³-hybridized carbons (Fsp3) is 0.623. The van der Waals surface area contributed by atoms with Gasteiger partial charge in [0, 0.05) is 19.3 Å². The van der Waals surface area contributed by atoms with Crippen LogP contribution in [0.2, 0.25) is 0 Å². The van der Waals surface area contributed by atoms with Crippen LogP contribution in [0.15, 0.2) is 158 Å². The zero-order valence-electron chi connectivity index (χ0n) is 53.7. The number of rotatable bonds is 60. The van der Waals surface area contributed by atoms with Crippen LogP contribution in [0.25, 0.3) is 0 Å². The topological polar surface area (TPSA) is 78.9 Å². The van der Waals surface area contributed by atoms with E-state index in [1.165, 1.54) is 96.3 Å². The van der Waals surface area contributed by atoms with Crippen molar-refractivity contribution >= 4 is 17.9 Å². The van der Waals surface area contributed by atoms with Crippen molar-refractivity contribution in [3.8, 4) is 0 Å². The largest absolute Gasteiger partial charge is 0.462 e. The van der Waals surface area contributed by atoms with Crippen molar-refractivity contribution in [2.75, 3.05) is 13.2 Å². The highest BCUT2D eigenvalue weighted by atomic mass is 16.6. The van der Waals surface area contributed by atoms with Crippen LogP contribution in [0.3, 0.4) is 0 Å². The summed E-state index contributed by atoms with van der Waals surface area (Å²) in [6.07, 6.45) is 101. The summed E-state index contributed by atoms with van der Waals surface area (Å²) in [5, 5.41) is 0. The maximum atomic E-state index is 12.9. The van der Waals surface area contributed by atoms with Crippen LogP contribution < -0.4 is 0 Å². The highest BCUT2D eigenvalue weighted by Gasteiger charge is 2.19. The minimum atomic E-state index is -0.816. The van der Waals surface area contributed by atoms with Crippen LogP contribution in [0.5, 0.6) is 0 Å². The molecule has 468 valence electrons. The van der Waals surface area contributed by atoms with E-state index in [2.05, 4.69) is 179 Å². The molecule has 1 atom stereocenters. The van der Waals surface area contributed by atoms with E-state index in [0.29, 0.717) is 19.3 Å². The second kappa shape index (κ2) is 69.5. The fourth-order valence-electron chi connectivity index (χ4n) is 8.97. The molecular formula is C77H124O6. The number of esters is 3. The van der Waals surface area contributed by atoms with Crippen molar-refractivity contribution in [1.82, 2.24) is 0 Å². The Balaban J connectivity index is 4.41. The molecule has 0 aliphatic carbocycles. The Morgan fingerprint density at radius 2 is 0.470 bits per heavy atom. The first kappa shape index (κ1) is 78.0. The van der Waals surface area contributed by atoms with Crippen molar-refractivity contribution in [1.29, 1.82) is 0 Å². The van der Waals surface area contributed by atoms with Crippen molar-refractivity contribution < 1.29 is 28.6 Å². The summed E-state index contributed by atoms with van der Waals surface area (Å²) in [6.45, 7) is 6.35. The van der Waals surface area contributed by atoms with Gasteiger partial charge in [0.05, 0.1) is 0 Å². The van der Waals surface area contributed by atoms with Gasteiger partial charge in [-0.05, 0) is 148 Å². The van der Waals surface area contributed by atoms with Crippen LogP contribution in [-0.4, -0.2) is 37.2 Å². The van der Waals surface area contributed by atoms with Gasteiger partial charge in [0.2, 0.25) is 0 Å². The average Bonchev–Trinajstić information content (AvgIpc) is 3.49. The lowest BCUT2D eigenvalue weighted by Gasteiger charge is -2.18. The van der Waals surface area contributed by atoms with E-state index in [4.69, 9.17) is 14.2 Å². The monoisotopic (exact) mass is 1140 g/mol. The number of hydrogen-bond acceptors (Lipinski definition) is 6. The number of hydrogen-bond donors (Lipinski definition) is 0. The zero-order chi connectivity index (χ0) is 59.9. The minimum absolute atomic E-state index is 0.106. The Morgan fingerprint density at radius 1 is 0.253 bits per heavy atom. The molecule has 83 heavy (non-hydrogen) atoms. The number of unbranched alkanes of at least 4 members (excludes halogenated alkanes) is 23. The van der Waals surface area contributed by atoms with Crippen molar-refractivity contribution in [3.05, 3.63) is 158 Å². The van der Waals surface area contributed by atoms with Crippen LogP contribution in [0, 0.1) is 0 Å². The van der Waals surface area contributed by atoms with Gasteiger partial charge in [-0.2, -0.15) is 0 Å². The first-order valence-corrected chi connectivity index (χ1v) is 34.0. The summed E-state index contributed by atoms with van der Waals surface area (Å²) >= 11 is 0. The lowest BCUT2D eigenvalue weighted by Crippen LogP contribution is -2.30. The van der Waals surface area contributed by atoms with Gasteiger partial charge >= 0.3 is 17.9 Å². The third kappa shape index (κ3) is 67.7. The minimum Gasteiger partial charge on any atom is -0.462 e. The Hall–Kier alpha value is -4.97. The SMILES string of the molecule is CC/C=C\C/C=C\C/C=C\C/C=C\C/C=C\C/C=C\CCCCC(=O)OC(COC(=O)CCCCCCC/C=C\C/C=C\CCCCC)COC(=O)CCCCCCCCCCCCCCC/C=C\C/C=C\C/C=C\C/C=C\C/C=C\CC. The molecule has 0 spiro atoms. The highest BCUT2D eigenvalue weighted by Crippen LogP contribution is 2.15. The Labute approximate surface area is 511 Å². The van der Waals surface area contributed by atoms with Crippen molar-refractivity contribution in [2.24, 2.45) is 0 Å². The van der Waals surface area contributed by atoms with Crippen molar-refractivity contribution in [3.63, 3.8) is 0 Å². The molecule has 1 unspecified atom stereocenters. The molecule has 0 amide bonds. The van der Waals surface area contributed by atoms with Crippen LogP contribution >= 0.6 is 0 Å². The normalized spacial score (nSPS) is 13.1. The Bertz CT molecular complexity index is 1840. The quantitative estimate of drug-likeness (QED) is 0.0261. The van der Waals surface area contributed by atoms with Crippen LogP contribution in [0.1, 0.15) is 290 Å². The highest BCUT2D eigenvalue weighted by molar-refractivity contribution is 5.71. The molecule has 0 aliphatic rings. The summed E-state index contributed by atoms with van der Waals surface area (Å²) in [6, 6.07) is 0. The van der Waals surface area contributed by atoms with E-state index in [1.54, 1.807) is 0 Å². The molecule has 0 heterocycles. The Kier molecular flexibility index (Phi) is 65.4. The van der Waals surface area contributed by atoms with Gasteiger partial charge in [-0.15, -0.1) is 0 Å². The predicted octanol–water partition coefficient (Wildman–Crippen LogP) is 23.7. The van der Waals surface area contributed by atoms with Crippen molar-refractivity contribution in [2.45, 2.75) is 297 Å². The molecule has 0 saturated carbocycles. The average molecular weight is 1150 g/mol. The number of ether oxygens (including phenoxy) is 3. The van der Waals surface area contributed by atoms with Gasteiger partial charge in [-0.3, -0.25) is 14.4 Å². The van der Waals surface area contributed by atoms with E-state index in [9.17, 15) is 14.4 Å². The molecular weight excluding hydrogens is 1020 g/mol. The molecule has 0 aromatic heterocycles. The lowest BCUT2D eigenvalue weighted by atomic mass is 10.0. The second-order valence-corrected chi connectivity index (χ2v) is 22.0. The smallest absolute Gasteiger partial charge is 0.306 e. The number of carbonyl (C=O) groups excluding carboxylic acids is 3. The molecule has 0 saturated heterocycles. The summed E-state index contributed by atoms with van der Waals surface area (Å²) < 4.78 is 16.9. The maximum absolute atomic E-state index is 12.9. The molecule has 0 aromatic carbocycles. The zero-order valence-corrected chi connectivity index (χ0v) is 53.7. The summed E-state index contributed by atoms with van der Waals surface area (Å²) in [5.41, 5.74) is 0. The number of carbonyl (C=O) groups is 3. The maximum Gasteiger partial charge on any atom is 0.306 e. The molecule has 6 nitrogen and oxygen atoms in total. The predicted molar refractivity (Wildman–Crippen MR) is 362 cm³/mol. The standard InChI is InChI=1S/C77H124O6/c1-4-7-10-13-16-19-22-25-28-30-32-34-35-36-37-38-39-40-41-43-44-46-49-52-55-58-61-64-67-70-76(79)82-73-74(72-81-75(78)69-66-63-60-57-54-51-48-27-24-21-18-15-12-9-6-3)83-77(80)71-68-65-62-59-56-53-50-47-45-42-33-31-29-26-23-20-17-14-11-8-5-2/h7-8,10-11,16-21,25-29,32-34,36-37,42,47-48,50,56,59,74H,4-6,9,12-15,22-24,30-31,35,38-41,43-46,49,51-55,57-58,60-73H2,1-3H3/b10-7-,11-8-,19-16-,20-17-,21-18-,28-25-,29-26-,34-32-,37-36-,42-33-,48-27-,50-47-,59-56-. The summed E-state index contributed by atoms with van der Waals surface area (Å²) in [5.74, 6) is -0.964. The molecule has 0 aliphatic heterocycles. The third-order valence-electron chi connectivity index (χ3n) is 14.0. The summed E-state index contributed by atoms with van der Waals surface area (Å²) in [7, 11) is 0. The second-order valence-electron chi connectivity index (χ2n) is 22.0. The van der Waals surface area contributed by atoms with E-state index >= 15 is 0 Å². The molecule has 0 bridgehead atoms. The molecule has 0 radical (unpaired) electrons. The van der Waals surface area contributed by atoms with E-state index < -0.39 is 6.10 Å². The van der Waals surface area contributed by atoms with Gasteiger partial charge in [-0.1, -0.05) is 281 Å². The summed E-state index contributed by atoms with van der Waals surface area (Å²) in [4.78, 5) is 38.4. The molecule has 0 rings (SSSR count). The van der Waals surface area contributed by atoms with Gasteiger partial charge in [-0.25, -0.2) is 0 Å². The molecule has 0 fully saturated rings. The van der Waals surface area contributed by atoms with Gasteiger partial charge < -0.3 is 14.2 Å². The lowest BCUT2D eigenvalue weighted by molar-refractivity contribution is -0.167. The van der Waals surface area contributed by atoms with E-state index in [-0.39, 0.29) is 37.5 Å². The van der Waals surface area contributed by atoms with Gasteiger partial charge in [0.25, 0.3) is 0 Å². The fourth-order valence-corrected chi connectivity index (χ4v) is 8.97. The Morgan fingerprint density at radius 3 is 0.759 bits per heavy atom. The van der Waals surface area contributed by atoms with Crippen LogP contribution in [-0.2, 0) is 28.6 Å². The molecule has 0 aromatic rings. The van der Waals surface area contributed by atoms with E-state index in [0.717, 1.165) is 148 Å². The van der Waals surface area contributed by atoms with E-state index in [1.807, 2.05) is 0 Å². The number of allylic oxidation sites excluding steroid dienone is 26.